The van der Waals surface area contributed by atoms with Crippen molar-refractivity contribution in [3.63, 3.8) is 0 Å². The third-order valence-corrected chi connectivity index (χ3v) is 6.54. The summed E-state index contributed by atoms with van der Waals surface area (Å²) < 4.78 is 14.0. The molecule has 6 rings (SSSR count). The highest BCUT2D eigenvalue weighted by atomic mass is 16.5. The third kappa shape index (κ3) is 4.26. The Morgan fingerprint density at radius 1 is 1.00 bits per heavy atom. The first kappa shape index (κ1) is 22.5. The van der Waals surface area contributed by atoms with Crippen LogP contribution in [0.25, 0.3) is 27.7 Å². The summed E-state index contributed by atoms with van der Waals surface area (Å²) in [7, 11) is 0. The molecule has 1 aromatic carbocycles. The maximum Gasteiger partial charge on any atom is 0.213 e. The number of nitrogens with one attached hydrogen (secondary N) is 1. The molecular formula is C27H29N7O2. The minimum absolute atomic E-state index is 0.149. The van der Waals surface area contributed by atoms with Crippen molar-refractivity contribution in [3.8, 4) is 17.0 Å². The second-order valence-electron chi connectivity index (χ2n) is 9.36. The van der Waals surface area contributed by atoms with E-state index < -0.39 is 0 Å². The normalized spacial score (nSPS) is 18.2. The summed E-state index contributed by atoms with van der Waals surface area (Å²) in [5.41, 5.74) is 6.00. The number of rotatable bonds is 6. The summed E-state index contributed by atoms with van der Waals surface area (Å²) in [5, 5.41) is 0. The van der Waals surface area contributed by atoms with Crippen LogP contribution < -0.4 is 9.64 Å². The second-order valence-corrected chi connectivity index (χ2v) is 9.36. The molecule has 9 heteroatoms. The summed E-state index contributed by atoms with van der Waals surface area (Å²) in [6.45, 7) is 8.38. The molecule has 0 radical (unpaired) electrons. The average molecular weight is 484 g/mol. The Morgan fingerprint density at radius 3 is 2.58 bits per heavy atom. The maximum absolute atomic E-state index is 5.96. The number of fused-ring (bicyclic) bond motifs is 3. The fourth-order valence-electron chi connectivity index (χ4n) is 4.91. The molecule has 4 aromatic heterocycles. The number of ether oxygens (including phenoxy) is 2. The Hall–Kier alpha value is -3.98. The number of anilines is 1. The predicted octanol–water partition coefficient (Wildman–Crippen LogP) is 4.21. The maximum atomic E-state index is 5.96. The molecule has 0 spiro atoms. The van der Waals surface area contributed by atoms with Crippen LogP contribution in [0.2, 0.25) is 0 Å². The van der Waals surface area contributed by atoms with Crippen molar-refractivity contribution < 1.29 is 9.47 Å². The molecule has 1 N–H and O–H groups in total. The number of aromatic nitrogens is 6. The van der Waals surface area contributed by atoms with Gasteiger partial charge in [-0.15, -0.1) is 0 Å². The lowest BCUT2D eigenvalue weighted by molar-refractivity contribution is -0.00573. The van der Waals surface area contributed by atoms with Crippen molar-refractivity contribution in [2.75, 3.05) is 24.6 Å². The molecule has 0 amide bonds. The molecule has 1 saturated heterocycles. The fourth-order valence-corrected chi connectivity index (χ4v) is 4.91. The topological polar surface area (TPSA) is 93.5 Å². The number of aromatic amines is 1. The number of aryl methyl sites for hydroxylation is 1. The van der Waals surface area contributed by atoms with Crippen molar-refractivity contribution in [2.45, 2.75) is 39.4 Å². The summed E-state index contributed by atoms with van der Waals surface area (Å²) in [4.78, 5) is 23.8. The number of morpholine rings is 1. The van der Waals surface area contributed by atoms with Crippen LogP contribution in [0.1, 0.15) is 25.4 Å². The second kappa shape index (κ2) is 9.23. The molecular weight excluding hydrogens is 454 g/mol. The molecule has 36 heavy (non-hydrogen) atoms. The van der Waals surface area contributed by atoms with Gasteiger partial charge in [-0.25, -0.2) is 15.0 Å². The quantitative estimate of drug-likeness (QED) is 0.387. The number of H-pyrrole nitrogens is 1. The Labute approximate surface area is 209 Å². The van der Waals surface area contributed by atoms with Crippen LogP contribution in [-0.4, -0.2) is 61.2 Å². The van der Waals surface area contributed by atoms with E-state index >= 15 is 0 Å². The Bertz CT molecular complexity index is 1480. The molecule has 1 aliphatic rings. The van der Waals surface area contributed by atoms with E-state index in [0.717, 1.165) is 58.2 Å². The van der Waals surface area contributed by atoms with Crippen LogP contribution in [0.15, 0.2) is 55.1 Å². The van der Waals surface area contributed by atoms with Crippen LogP contribution in [-0.2, 0) is 11.2 Å². The zero-order valence-electron chi connectivity index (χ0n) is 20.7. The SMILES string of the molecule is Cc1nc(N2C[C@@H](C)O[C@@H](C)C2)n2c1cnc1ccc(-c3ccc(OCCc4ncc[nH]4)nc3)cc12. The summed E-state index contributed by atoms with van der Waals surface area (Å²) in [5.74, 6) is 2.43. The summed E-state index contributed by atoms with van der Waals surface area (Å²) >= 11 is 0. The van der Waals surface area contributed by atoms with Gasteiger partial charge < -0.3 is 19.4 Å². The van der Waals surface area contributed by atoms with Gasteiger partial charge in [0.05, 0.1) is 47.3 Å². The molecule has 0 saturated carbocycles. The molecule has 2 atom stereocenters. The minimum atomic E-state index is 0.149. The van der Waals surface area contributed by atoms with E-state index in [1.54, 1.807) is 6.20 Å². The smallest absolute Gasteiger partial charge is 0.213 e. The van der Waals surface area contributed by atoms with Gasteiger partial charge in [-0.1, -0.05) is 6.07 Å². The van der Waals surface area contributed by atoms with Gasteiger partial charge in [0.2, 0.25) is 11.8 Å². The Morgan fingerprint density at radius 2 is 1.83 bits per heavy atom. The van der Waals surface area contributed by atoms with Gasteiger partial charge in [-0.2, -0.15) is 0 Å². The van der Waals surface area contributed by atoms with Crippen LogP contribution in [0, 0.1) is 6.92 Å². The van der Waals surface area contributed by atoms with Crippen LogP contribution in [0.4, 0.5) is 5.95 Å². The van der Waals surface area contributed by atoms with Gasteiger partial charge in [0.1, 0.15) is 5.82 Å². The summed E-state index contributed by atoms with van der Waals surface area (Å²) in [6, 6.07) is 10.3. The highest BCUT2D eigenvalue weighted by Gasteiger charge is 2.26. The van der Waals surface area contributed by atoms with Crippen LogP contribution in [0.5, 0.6) is 5.88 Å². The van der Waals surface area contributed by atoms with E-state index in [2.05, 4.69) is 56.3 Å². The Balaban J connectivity index is 1.32. The van der Waals surface area contributed by atoms with E-state index in [0.29, 0.717) is 18.9 Å². The predicted molar refractivity (Wildman–Crippen MR) is 138 cm³/mol. The monoisotopic (exact) mass is 483 g/mol. The highest BCUT2D eigenvalue weighted by Crippen LogP contribution is 2.30. The number of benzene rings is 1. The minimum Gasteiger partial charge on any atom is -0.477 e. The number of hydrogen-bond acceptors (Lipinski definition) is 7. The number of nitrogens with zero attached hydrogens (tertiary/aromatic N) is 6. The zero-order chi connectivity index (χ0) is 24.6. The van der Waals surface area contributed by atoms with Crippen LogP contribution in [0.3, 0.4) is 0 Å². The first-order valence-electron chi connectivity index (χ1n) is 12.3. The lowest BCUT2D eigenvalue weighted by atomic mass is 10.1. The first-order chi connectivity index (χ1) is 17.5. The molecule has 5 heterocycles. The molecule has 184 valence electrons. The number of hydrogen-bond donors (Lipinski definition) is 1. The van der Waals surface area contributed by atoms with Gasteiger partial charge in [0.15, 0.2) is 0 Å². The van der Waals surface area contributed by atoms with Gasteiger partial charge >= 0.3 is 0 Å². The number of imidazole rings is 2. The van der Waals surface area contributed by atoms with Crippen molar-refractivity contribution >= 4 is 22.5 Å². The van der Waals surface area contributed by atoms with Gasteiger partial charge in [-0.3, -0.25) is 9.38 Å². The Kier molecular flexibility index (Phi) is 5.77. The van der Waals surface area contributed by atoms with Crippen LogP contribution >= 0.6 is 0 Å². The fraction of sp³-hybridized carbons (Fsp3) is 0.333. The van der Waals surface area contributed by atoms with Gasteiger partial charge in [-0.05, 0) is 44.5 Å². The van der Waals surface area contributed by atoms with E-state index in [1.165, 1.54) is 0 Å². The molecule has 0 bridgehead atoms. The lowest BCUT2D eigenvalue weighted by Crippen LogP contribution is -2.46. The average Bonchev–Trinajstić information content (AvgIpc) is 3.51. The molecule has 5 aromatic rings. The van der Waals surface area contributed by atoms with E-state index in [4.69, 9.17) is 19.4 Å². The van der Waals surface area contributed by atoms with Crippen molar-refractivity contribution in [1.82, 2.24) is 29.3 Å². The van der Waals surface area contributed by atoms with Gasteiger partial charge in [0.25, 0.3) is 0 Å². The largest absolute Gasteiger partial charge is 0.477 e. The molecule has 0 aliphatic carbocycles. The van der Waals surface area contributed by atoms with Crippen molar-refractivity contribution in [1.29, 1.82) is 0 Å². The standard InChI is InChI=1S/C27H29N7O2/c1-17-15-33(16-18(2)36-17)27-32-19(3)24-14-30-22-6-4-20(12-23(22)34(24)27)21-5-7-26(31-13-21)35-11-8-25-28-9-10-29-25/h4-7,9-10,12-14,17-18H,8,11,15-16H2,1-3H3,(H,28,29)/t17-,18+. The highest BCUT2D eigenvalue weighted by molar-refractivity contribution is 5.85. The molecule has 1 fully saturated rings. The van der Waals surface area contributed by atoms with Crippen molar-refractivity contribution in [2.24, 2.45) is 0 Å². The van der Waals surface area contributed by atoms with E-state index in [-0.39, 0.29) is 12.2 Å². The van der Waals surface area contributed by atoms with E-state index in [1.807, 2.05) is 37.6 Å². The number of pyridine rings is 1. The third-order valence-electron chi connectivity index (χ3n) is 6.54. The zero-order valence-corrected chi connectivity index (χ0v) is 20.7. The first-order valence-corrected chi connectivity index (χ1v) is 12.3. The van der Waals surface area contributed by atoms with E-state index in [9.17, 15) is 0 Å². The van der Waals surface area contributed by atoms with Gasteiger partial charge in [0, 0.05) is 49.7 Å². The molecule has 1 aliphatic heterocycles. The molecule has 9 nitrogen and oxygen atoms in total. The lowest BCUT2D eigenvalue weighted by Gasteiger charge is -2.35. The van der Waals surface area contributed by atoms with Crippen molar-refractivity contribution in [3.05, 3.63) is 66.6 Å². The molecule has 0 unspecified atom stereocenters. The summed E-state index contributed by atoms with van der Waals surface area (Å²) in [6.07, 6.45) is 8.32.